The number of carbonyl (C=O) groups excluding carboxylic acids is 1. The minimum absolute atomic E-state index is 0.0575. The van der Waals surface area contributed by atoms with E-state index >= 15 is 0 Å². The van der Waals surface area contributed by atoms with Gasteiger partial charge in [0.15, 0.2) is 0 Å². The van der Waals surface area contributed by atoms with Gasteiger partial charge in [-0.15, -0.1) is 0 Å². The number of aromatic nitrogens is 2. The summed E-state index contributed by atoms with van der Waals surface area (Å²) in [6.45, 7) is 0.689. The Balaban J connectivity index is 1.25. The van der Waals surface area contributed by atoms with Crippen molar-refractivity contribution in [2.24, 2.45) is 0 Å². The van der Waals surface area contributed by atoms with Gasteiger partial charge >= 0.3 is 11.9 Å². The maximum Gasteiger partial charge on any atom is 0.306 e. The van der Waals surface area contributed by atoms with Crippen molar-refractivity contribution < 1.29 is 44.3 Å². The van der Waals surface area contributed by atoms with Gasteiger partial charge in [0.2, 0.25) is 11.8 Å². The molecule has 0 saturated heterocycles. The summed E-state index contributed by atoms with van der Waals surface area (Å²) in [7, 11) is 1.47. The third-order valence-corrected chi connectivity index (χ3v) is 9.14. The Kier molecular flexibility index (Phi) is 13.6. The number of anilines is 1. The molecular formula is C37H39Cl2N5O9. The number of aliphatic carboxylic acids is 2. The van der Waals surface area contributed by atoms with E-state index in [9.17, 15) is 24.6 Å². The van der Waals surface area contributed by atoms with E-state index in [0.717, 1.165) is 16.7 Å². The van der Waals surface area contributed by atoms with Crippen molar-refractivity contribution in [1.82, 2.24) is 20.6 Å². The summed E-state index contributed by atoms with van der Waals surface area (Å²) < 4.78 is 11.8. The van der Waals surface area contributed by atoms with E-state index < -0.39 is 30.1 Å². The van der Waals surface area contributed by atoms with Gasteiger partial charge in [-0.2, -0.15) is 4.98 Å². The molecule has 2 heterocycles. The lowest BCUT2D eigenvalue weighted by Crippen LogP contribution is -2.28. The molecule has 7 N–H and O–H groups in total. The van der Waals surface area contributed by atoms with Crippen molar-refractivity contribution in [3.05, 3.63) is 98.8 Å². The summed E-state index contributed by atoms with van der Waals surface area (Å²) >= 11 is 13.5. The summed E-state index contributed by atoms with van der Waals surface area (Å²) in [5.41, 5.74) is 5.47. The molecule has 3 atom stereocenters. The highest BCUT2D eigenvalue weighted by Crippen LogP contribution is 2.43. The fraction of sp³-hybridized carbons (Fsp3) is 0.324. The summed E-state index contributed by atoms with van der Waals surface area (Å²) in [5, 5.41) is 46.5. The topological polar surface area (TPSA) is 212 Å². The number of amides is 1. The molecule has 53 heavy (non-hydrogen) atoms. The van der Waals surface area contributed by atoms with Crippen molar-refractivity contribution in [3.8, 4) is 22.9 Å². The van der Waals surface area contributed by atoms with E-state index in [4.69, 9.17) is 42.9 Å². The van der Waals surface area contributed by atoms with E-state index in [1.165, 1.54) is 13.3 Å². The standard InChI is InChI=1S/C37H39Cl2N5O9/c1-52-36-20(15-40-18-23(45)13-32(47)48)12-30(38)37(44-36)53-31-11-10-26-25(4-2-5-27(26)31)28-6-3-7-29(34(28)39)35(51)43-22-9-8-21(42-17-22)16-41-19-24(46)14-33(49)50/h2-9,12,17,23-24,31,40-41,45-46H,10-11,13-16,18-19H2,1H3,(H,43,51)(H,47,48)(H,49,50)/t23?,24?,31-/m0/s1. The van der Waals surface area contributed by atoms with Crippen LogP contribution in [0.4, 0.5) is 5.69 Å². The third kappa shape index (κ3) is 10.4. The van der Waals surface area contributed by atoms with Crippen molar-refractivity contribution in [2.75, 3.05) is 25.5 Å². The number of carboxylic acids is 2. The molecule has 0 bridgehead atoms. The van der Waals surface area contributed by atoms with E-state index in [0.29, 0.717) is 41.9 Å². The number of aliphatic hydroxyl groups excluding tert-OH is 2. The molecule has 2 aromatic carbocycles. The zero-order valence-electron chi connectivity index (χ0n) is 28.6. The Morgan fingerprint density at radius 2 is 1.58 bits per heavy atom. The van der Waals surface area contributed by atoms with Crippen LogP contribution in [0.15, 0.2) is 60.8 Å². The maximum absolute atomic E-state index is 13.4. The number of methoxy groups -OCH3 is 1. The lowest BCUT2D eigenvalue weighted by Gasteiger charge is -2.18. The number of aliphatic hydroxyl groups is 2. The smallest absolute Gasteiger partial charge is 0.306 e. The summed E-state index contributed by atoms with van der Waals surface area (Å²) in [4.78, 5) is 43.7. The van der Waals surface area contributed by atoms with Gasteiger partial charge in [0.05, 0.1) is 60.3 Å². The predicted molar refractivity (Wildman–Crippen MR) is 196 cm³/mol. The molecule has 0 saturated carbocycles. The molecule has 0 radical (unpaired) electrons. The molecule has 1 aliphatic carbocycles. The minimum atomic E-state index is -1.09. The third-order valence-electron chi connectivity index (χ3n) is 8.46. The molecule has 1 aliphatic rings. The minimum Gasteiger partial charge on any atom is -0.481 e. The van der Waals surface area contributed by atoms with Crippen LogP contribution in [-0.2, 0) is 29.1 Å². The van der Waals surface area contributed by atoms with Crippen LogP contribution in [0.25, 0.3) is 11.1 Å². The molecule has 1 amide bonds. The zero-order chi connectivity index (χ0) is 38.1. The molecule has 0 spiro atoms. The number of nitrogens with zero attached hydrogens (tertiary/aromatic N) is 2. The zero-order valence-corrected chi connectivity index (χ0v) is 30.2. The monoisotopic (exact) mass is 767 g/mol. The highest BCUT2D eigenvalue weighted by molar-refractivity contribution is 6.37. The molecular weight excluding hydrogens is 729 g/mol. The fourth-order valence-electron chi connectivity index (χ4n) is 6.01. The Morgan fingerprint density at radius 1 is 0.906 bits per heavy atom. The average Bonchev–Trinajstić information content (AvgIpc) is 3.52. The highest BCUT2D eigenvalue weighted by atomic mass is 35.5. The number of hydrogen-bond donors (Lipinski definition) is 7. The average molecular weight is 769 g/mol. The first-order valence-electron chi connectivity index (χ1n) is 16.7. The van der Waals surface area contributed by atoms with Crippen LogP contribution in [0.5, 0.6) is 11.8 Å². The molecule has 2 aromatic heterocycles. The van der Waals surface area contributed by atoms with Gasteiger partial charge in [0.1, 0.15) is 11.1 Å². The van der Waals surface area contributed by atoms with Crippen molar-refractivity contribution in [2.45, 2.75) is 57.1 Å². The molecule has 2 unspecified atom stereocenters. The second kappa shape index (κ2) is 18.3. The van der Waals surface area contributed by atoms with Crippen LogP contribution in [0.1, 0.15) is 58.1 Å². The Hall–Kier alpha value is -4.83. The number of ether oxygens (including phenoxy) is 2. The molecule has 0 aliphatic heterocycles. The van der Waals surface area contributed by atoms with Crippen LogP contribution in [0.2, 0.25) is 10.0 Å². The normalized spacial score (nSPS) is 14.6. The second-order valence-electron chi connectivity index (χ2n) is 12.4. The molecule has 0 fully saturated rings. The number of carbonyl (C=O) groups is 3. The fourth-order valence-corrected chi connectivity index (χ4v) is 6.54. The van der Waals surface area contributed by atoms with E-state index in [2.05, 4.69) is 25.9 Å². The molecule has 4 aromatic rings. The van der Waals surface area contributed by atoms with E-state index in [1.807, 2.05) is 24.3 Å². The largest absolute Gasteiger partial charge is 0.481 e. The van der Waals surface area contributed by atoms with Gasteiger partial charge in [-0.1, -0.05) is 53.5 Å². The number of benzene rings is 2. The number of hydrogen-bond acceptors (Lipinski definition) is 11. The van der Waals surface area contributed by atoms with E-state index in [1.54, 1.807) is 30.3 Å². The Morgan fingerprint density at radius 3 is 2.25 bits per heavy atom. The van der Waals surface area contributed by atoms with Gasteiger partial charge in [-0.25, -0.2) is 0 Å². The Bertz CT molecular complexity index is 1950. The molecule has 5 rings (SSSR count). The van der Waals surface area contributed by atoms with Crippen LogP contribution < -0.4 is 25.4 Å². The van der Waals surface area contributed by atoms with Gasteiger partial charge < -0.3 is 45.9 Å². The lowest BCUT2D eigenvalue weighted by molar-refractivity contribution is -0.140. The first-order chi connectivity index (χ1) is 25.4. The number of rotatable bonds is 18. The summed E-state index contributed by atoms with van der Waals surface area (Å²) in [6, 6.07) is 16.1. The van der Waals surface area contributed by atoms with Crippen LogP contribution in [0.3, 0.4) is 0 Å². The number of pyridine rings is 2. The number of carboxylic acid groups (broad SMARTS) is 2. The van der Waals surface area contributed by atoms with Gasteiger partial charge in [-0.05, 0) is 53.8 Å². The molecule has 16 heteroatoms. The van der Waals surface area contributed by atoms with Gasteiger partial charge in [-0.3, -0.25) is 19.4 Å². The number of halogens is 2. The first-order valence-corrected chi connectivity index (χ1v) is 17.5. The maximum atomic E-state index is 13.4. The SMILES string of the molecule is COc1nc(O[C@H]2CCc3c(-c4cccc(C(=O)Nc5ccc(CNCC(O)CC(=O)O)nc5)c4Cl)cccc32)c(Cl)cc1CNCC(O)CC(=O)O. The van der Waals surface area contributed by atoms with E-state index in [-0.39, 0.29) is 65.9 Å². The number of fused-ring (bicyclic) bond motifs is 1. The first kappa shape index (κ1) is 39.4. The van der Waals surface area contributed by atoms with Crippen LogP contribution >= 0.6 is 23.2 Å². The quantitative estimate of drug-likeness (QED) is 0.0737. The summed E-state index contributed by atoms with van der Waals surface area (Å²) in [5.74, 6) is -2.13. The number of nitrogens with one attached hydrogen (secondary N) is 3. The van der Waals surface area contributed by atoms with Gasteiger partial charge in [0.25, 0.3) is 5.91 Å². The summed E-state index contributed by atoms with van der Waals surface area (Å²) in [6.07, 6.45) is -0.367. The van der Waals surface area contributed by atoms with Crippen LogP contribution in [-0.4, -0.2) is 80.6 Å². The van der Waals surface area contributed by atoms with Gasteiger partial charge in [0, 0.05) is 37.3 Å². The lowest BCUT2D eigenvalue weighted by atomic mass is 9.95. The van der Waals surface area contributed by atoms with Crippen molar-refractivity contribution in [3.63, 3.8) is 0 Å². The Labute approximate surface area is 315 Å². The van der Waals surface area contributed by atoms with Crippen LogP contribution in [0, 0.1) is 0 Å². The molecule has 280 valence electrons. The highest BCUT2D eigenvalue weighted by Gasteiger charge is 2.29. The molecule has 14 nitrogen and oxygen atoms in total. The van der Waals surface area contributed by atoms with Crippen molar-refractivity contribution in [1.29, 1.82) is 0 Å². The second-order valence-corrected chi connectivity index (χ2v) is 13.2. The van der Waals surface area contributed by atoms with Crippen molar-refractivity contribution >= 4 is 46.7 Å². The predicted octanol–water partition coefficient (Wildman–Crippen LogP) is 4.63.